The van der Waals surface area contributed by atoms with Crippen LogP contribution in [0.15, 0.2) is 41.4 Å². The average molecular weight is 494 g/mol. The van der Waals surface area contributed by atoms with E-state index in [0.717, 1.165) is 17.7 Å². The van der Waals surface area contributed by atoms with E-state index in [2.05, 4.69) is 15.6 Å². The van der Waals surface area contributed by atoms with E-state index in [9.17, 15) is 9.50 Å². The van der Waals surface area contributed by atoms with Crippen molar-refractivity contribution in [3.63, 3.8) is 0 Å². The number of guanidine groups is 1. The van der Waals surface area contributed by atoms with Crippen molar-refractivity contribution in [2.75, 3.05) is 20.7 Å². The van der Waals surface area contributed by atoms with Crippen molar-refractivity contribution in [3.05, 3.63) is 58.4 Å². The van der Waals surface area contributed by atoms with E-state index in [1.54, 1.807) is 26.3 Å². The maximum absolute atomic E-state index is 13.3. The molecule has 0 saturated carbocycles. The molecule has 5 nitrogen and oxygen atoms in total. The second-order valence-electron chi connectivity index (χ2n) is 5.35. The van der Waals surface area contributed by atoms with Crippen molar-refractivity contribution in [2.24, 2.45) is 4.99 Å². The molecule has 0 unspecified atom stereocenters. The Morgan fingerprint density at radius 1 is 1.23 bits per heavy atom. The van der Waals surface area contributed by atoms with Gasteiger partial charge >= 0.3 is 0 Å². The fourth-order valence-electron chi connectivity index (χ4n) is 2.24. The van der Waals surface area contributed by atoms with Gasteiger partial charge in [0.05, 0.1) is 7.11 Å². The molecule has 0 amide bonds. The zero-order chi connectivity index (χ0) is 18.2. The summed E-state index contributed by atoms with van der Waals surface area (Å²) in [6, 6.07) is 9.84. The number of benzene rings is 2. The first-order chi connectivity index (χ1) is 12.0. The number of phenolic OH excluding ortho intramolecular Hbond substituents is 1. The monoisotopic (exact) mass is 493 g/mol. The molecule has 0 radical (unpaired) electrons. The number of hydrogen-bond acceptors (Lipinski definition) is 3. The molecule has 8 heteroatoms. The second kappa shape index (κ2) is 11.1. The molecule has 26 heavy (non-hydrogen) atoms. The van der Waals surface area contributed by atoms with Gasteiger partial charge in [0.2, 0.25) is 0 Å². The molecule has 0 bridgehead atoms. The summed E-state index contributed by atoms with van der Waals surface area (Å²) in [6.45, 7) is 1.02. The number of nitrogens with one attached hydrogen (secondary N) is 2. The molecule has 142 valence electrons. The van der Waals surface area contributed by atoms with Gasteiger partial charge in [-0.15, -0.1) is 24.0 Å². The lowest BCUT2D eigenvalue weighted by Crippen LogP contribution is -2.37. The van der Waals surface area contributed by atoms with Gasteiger partial charge in [0, 0.05) is 25.2 Å². The van der Waals surface area contributed by atoms with E-state index in [-0.39, 0.29) is 29.7 Å². The smallest absolute Gasteiger partial charge is 0.191 e. The van der Waals surface area contributed by atoms with Gasteiger partial charge in [-0.05, 0) is 41.8 Å². The highest BCUT2D eigenvalue weighted by Crippen LogP contribution is 2.22. The number of rotatable bonds is 6. The lowest BCUT2D eigenvalue weighted by atomic mass is 10.1. The molecule has 0 aliphatic heterocycles. The van der Waals surface area contributed by atoms with Gasteiger partial charge in [0.25, 0.3) is 0 Å². The summed E-state index contributed by atoms with van der Waals surface area (Å²) in [4.78, 5) is 4.12. The van der Waals surface area contributed by atoms with Crippen molar-refractivity contribution in [1.29, 1.82) is 0 Å². The molecule has 0 fully saturated rings. The summed E-state index contributed by atoms with van der Waals surface area (Å²) < 4.78 is 18.5. The molecule has 0 spiro atoms. The largest absolute Gasteiger partial charge is 0.505 e. The third kappa shape index (κ3) is 6.53. The minimum absolute atomic E-state index is 0. The Balaban J connectivity index is 0.00000338. The lowest BCUT2D eigenvalue weighted by Gasteiger charge is -2.13. The zero-order valence-corrected chi connectivity index (χ0v) is 17.6. The van der Waals surface area contributed by atoms with E-state index in [0.29, 0.717) is 29.6 Å². The number of aromatic hydroxyl groups is 1. The Bertz CT molecular complexity index is 759. The molecule has 0 saturated heterocycles. The van der Waals surface area contributed by atoms with Crippen molar-refractivity contribution in [1.82, 2.24) is 10.6 Å². The molecule has 2 rings (SSSR count). The maximum Gasteiger partial charge on any atom is 0.191 e. The standard InChI is InChI=1S/C18H21ClFN3O2.HI/c1-21-18(23-11-12-3-6-17(24)16(20)9-12)22-8-7-13-4-5-14(25-2)10-15(13)19;/h3-6,9-10,24H,7-8,11H2,1-2H3,(H2,21,22,23);1H. The van der Waals surface area contributed by atoms with Gasteiger partial charge in [0.15, 0.2) is 17.5 Å². The zero-order valence-electron chi connectivity index (χ0n) is 14.6. The Hall–Kier alpha value is -1.74. The molecule has 0 aliphatic rings. The van der Waals surface area contributed by atoms with Crippen LogP contribution in [0.25, 0.3) is 0 Å². The van der Waals surface area contributed by atoms with Crippen LogP contribution < -0.4 is 15.4 Å². The van der Waals surface area contributed by atoms with Gasteiger partial charge in [-0.3, -0.25) is 4.99 Å². The first kappa shape index (κ1) is 22.3. The van der Waals surface area contributed by atoms with Gasteiger partial charge in [-0.2, -0.15) is 0 Å². The Morgan fingerprint density at radius 3 is 2.62 bits per heavy atom. The van der Waals surface area contributed by atoms with Crippen LogP contribution in [0.4, 0.5) is 4.39 Å². The van der Waals surface area contributed by atoms with Gasteiger partial charge in [0.1, 0.15) is 5.75 Å². The van der Waals surface area contributed by atoms with Crippen molar-refractivity contribution in [3.8, 4) is 11.5 Å². The minimum atomic E-state index is -0.642. The molecular formula is C18H22ClFIN3O2. The fourth-order valence-corrected chi connectivity index (χ4v) is 2.51. The summed E-state index contributed by atoms with van der Waals surface area (Å²) in [5.41, 5.74) is 1.71. The van der Waals surface area contributed by atoms with Crippen LogP contribution in [0.3, 0.4) is 0 Å². The molecule has 2 aromatic carbocycles. The molecule has 0 atom stereocenters. The molecule has 2 aromatic rings. The first-order valence-corrected chi connectivity index (χ1v) is 8.15. The number of methoxy groups -OCH3 is 1. The van der Waals surface area contributed by atoms with E-state index in [4.69, 9.17) is 16.3 Å². The maximum atomic E-state index is 13.3. The van der Waals surface area contributed by atoms with Gasteiger partial charge in [-0.1, -0.05) is 23.7 Å². The summed E-state index contributed by atoms with van der Waals surface area (Å²) >= 11 is 6.22. The van der Waals surface area contributed by atoms with Crippen molar-refractivity contribution < 1.29 is 14.2 Å². The highest BCUT2D eigenvalue weighted by atomic mass is 127. The van der Waals surface area contributed by atoms with Gasteiger partial charge in [-0.25, -0.2) is 4.39 Å². The predicted octanol–water partition coefficient (Wildman–Crippen LogP) is 3.72. The molecular weight excluding hydrogens is 472 g/mol. The number of hydrogen-bond donors (Lipinski definition) is 3. The fraction of sp³-hybridized carbons (Fsp3) is 0.278. The van der Waals surface area contributed by atoms with Crippen molar-refractivity contribution in [2.45, 2.75) is 13.0 Å². The van der Waals surface area contributed by atoms with E-state index in [1.165, 1.54) is 12.1 Å². The van der Waals surface area contributed by atoms with Crippen LogP contribution in [0, 0.1) is 5.82 Å². The average Bonchev–Trinajstić information content (AvgIpc) is 2.61. The van der Waals surface area contributed by atoms with E-state index < -0.39 is 5.82 Å². The Morgan fingerprint density at radius 2 is 2.00 bits per heavy atom. The van der Waals surface area contributed by atoms with E-state index >= 15 is 0 Å². The van der Waals surface area contributed by atoms with Crippen LogP contribution in [-0.2, 0) is 13.0 Å². The lowest BCUT2D eigenvalue weighted by molar-refractivity contribution is 0.414. The Labute approximate surface area is 174 Å². The number of ether oxygens (including phenoxy) is 1. The predicted molar refractivity (Wildman–Crippen MR) is 113 cm³/mol. The number of nitrogens with zero attached hydrogens (tertiary/aromatic N) is 1. The van der Waals surface area contributed by atoms with Crippen LogP contribution >= 0.6 is 35.6 Å². The third-order valence-corrected chi connectivity index (χ3v) is 3.99. The summed E-state index contributed by atoms with van der Waals surface area (Å²) in [5, 5.41) is 16.1. The quantitative estimate of drug-likeness (QED) is 0.326. The highest BCUT2D eigenvalue weighted by molar-refractivity contribution is 14.0. The van der Waals surface area contributed by atoms with Gasteiger partial charge < -0.3 is 20.5 Å². The Kier molecular flexibility index (Phi) is 9.50. The summed E-state index contributed by atoms with van der Waals surface area (Å²) in [7, 11) is 3.26. The number of aliphatic imine (C=N–C) groups is 1. The minimum Gasteiger partial charge on any atom is -0.505 e. The van der Waals surface area contributed by atoms with Crippen LogP contribution in [0.2, 0.25) is 5.02 Å². The third-order valence-electron chi connectivity index (χ3n) is 3.64. The SMILES string of the molecule is CN=C(NCCc1ccc(OC)cc1Cl)NCc1ccc(O)c(F)c1.I. The van der Waals surface area contributed by atoms with Crippen molar-refractivity contribution >= 4 is 41.5 Å². The topological polar surface area (TPSA) is 65.9 Å². The second-order valence-corrected chi connectivity index (χ2v) is 5.75. The van der Waals surface area contributed by atoms with Crippen LogP contribution in [-0.4, -0.2) is 31.8 Å². The van der Waals surface area contributed by atoms with E-state index in [1.807, 2.05) is 12.1 Å². The van der Waals surface area contributed by atoms with Crippen LogP contribution in [0.5, 0.6) is 11.5 Å². The molecule has 0 heterocycles. The normalized spacial score (nSPS) is 10.8. The number of phenols is 1. The summed E-state index contributed by atoms with van der Waals surface area (Å²) in [6.07, 6.45) is 0.720. The molecule has 0 aliphatic carbocycles. The number of halogens is 3. The van der Waals surface area contributed by atoms with Crippen LogP contribution in [0.1, 0.15) is 11.1 Å². The molecule has 0 aromatic heterocycles. The first-order valence-electron chi connectivity index (χ1n) is 7.78. The summed E-state index contributed by atoms with van der Waals surface area (Å²) in [5.74, 6) is 0.317. The molecule has 3 N–H and O–H groups in total. The highest BCUT2D eigenvalue weighted by Gasteiger charge is 2.05.